The molecule has 6 nitrogen and oxygen atoms in total. The molecule has 2 amide bonds. The van der Waals surface area contributed by atoms with Gasteiger partial charge in [-0.2, -0.15) is 0 Å². The zero-order chi connectivity index (χ0) is 20.5. The second-order valence-corrected chi connectivity index (χ2v) is 6.77. The van der Waals surface area contributed by atoms with E-state index in [1.807, 2.05) is 0 Å². The Bertz CT molecular complexity index is 910. The normalized spacial score (nSPS) is 13.8. The molecule has 28 heavy (non-hydrogen) atoms. The van der Waals surface area contributed by atoms with Crippen molar-refractivity contribution in [2.75, 3.05) is 10.6 Å². The van der Waals surface area contributed by atoms with Crippen molar-refractivity contribution in [3.63, 3.8) is 0 Å². The van der Waals surface area contributed by atoms with Gasteiger partial charge < -0.3 is 15.4 Å². The van der Waals surface area contributed by atoms with E-state index in [9.17, 15) is 22.8 Å². The molecule has 148 valence electrons. The molecule has 1 aromatic carbocycles. The zero-order valence-electron chi connectivity index (χ0n) is 13.9. The summed E-state index contributed by atoms with van der Waals surface area (Å²) in [5.41, 5.74) is 0.0621. The number of pyridine rings is 1. The summed E-state index contributed by atoms with van der Waals surface area (Å²) in [6.07, 6.45) is -1.89. The van der Waals surface area contributed by atoms with Gasteiger partial charge in [-0.15, -0.1) is 13.2 Å². The fourth-order valence-electron chi connectivity index (χ4n) is 2.30. The number of rotatable bonds is 5. The van der Waals surface area contributed by atoms with Crippen LogP contribution in [0.1, 0.15) is 23.2 Å². The van der Waals surface area contributed by atoms with E-state index in [4.69, 9.17) is 23.2 Å². The number of aromatic nitrogens is 1. The van der Waals surface area contributed by atoms with E-state index in [0.29, 0.717) is 0 Å². The smallest absolute Gasteiger partial charge is 0.406 e. The highest BCUT2D eigenvalue weighted by molar-refractivity contribution is 6.40. The molecule has 1 saturated carbocycles. The van der Waals surface area contributed by atoms with Crippen molar-refractivity contribution in [1.82, 2.24) is 4.98 Å². The lowest BCUT2D eigenvalue weighted by Crippen LogP contribution is -2.18. The maximum absolute atomic E-state index is 12.5. The van der Waals surface area contributed by atoms with Crippen molar-refractivity contribution in [3.8, 4) is 5.75 Å². The monoisotopic (exact) mass is 433 g/mol. The molecule has 0 bridgehead atoms. The molecule has 0 spiro atoms. The van der Waals surface area contributed by atoms with E-state index in [1.165, 1.54) is 18.3 Å². The number of alkyl halides is 3. The quantitative estimate of drug-likeness (QED) is 0.703. The largest absolute Gasteiger partial charge is 0.573 e. The highest BCUT2D eigenvalue weighted by Gasteiger charge is 2.32. The molecule has 11 heteroatoms. The van der Waals surface area contributed by atoms with Crippen LogP contribution in [0, 0.1) is 5.92 Å². The van der Waals surface area contributed by atoms with Gasteiger partial charge >= 0.3 is 6.36 Å². The molecule has 1 aliphatic rings. The fraction of sp³-hybridized carbons (Fsp3) is 0.235. The van der Waals surface area contributed by atoms with Crippen LogP contribution in [0.15, 0.2) is 30.5 Å². The molecule has 2 N–H and O–H groups in total. The first-order valence-electron chi connectivity index (χ1n) is 7.95. The van der Waals surface area contributed by atoms with Crippen molar-refractivity contribution in [1.29, 1.82) is 0 Å². The second kappa shape index (κ2) is 7.84. The van der Waals surface area contributed by atoms with Crippen LogP contribution in [0.25, 0.3) is 0 Å². The predicted molar refractivity (Wildman–Crippen MR) is 96.7 cm³/mol. The van der Waals surface area contributed by atoms with Crippen LogP contribution in [0.4, 0.5) is 24.7 Å². The molecule has 2 aromatic rings. The first kappa shape index (κ1) is 20.2. The summed E-state index contributed by atoms with van der Waals surface area (Å²) in [5.74, 6) is -1.31. The molecule has 0 atom stereocenters. The Morgan fingerprint density at radius 2 is 1.75 bits per heavy atom. The number of amides is 2. The third-order valence-electron chi connectivity index (χ3n) is 3.69. The van der Waals surface area contributed by atoms with Gasteiger partial charge in [0.2, 0.25) is 5.91 Å². The highest BCUT2D eigenvalue weighted by Crippen LogP contribution is 2.34. The van der Waals surface area contributed by atoms with Crippen LogP contribution in [0.2, 0.25) is 10.0 Å². The third-order valence-corrected chi connectivity index (χ3v) is 4.29. The number of benzene rings is 1. The summed E-state index contributed by atoms with van der Waals surface area (Å²) >= 11 is 11.8. The number of halogens is 5. The van der Waals surface area contributed by atoms with Crippen LogP contribution >= 0.6 is 23.2 Å². The number of nitrogens with zero attached hydrogens (tertiary/aromatic N) is 1. The number of nitrogens with one attached hydrogen (secondary N) is 2. The molecule has 1 heterocycles. The van der Waals surface area contributed by atoms with Gasteiger partial charge in [0.15, 0.2) is 0 Å². The Balaban J connectivity index is 1.75. The average Bonchev–Trinajstić information content (AvgIpc) is 3.37. The lowest BCUT2D eigenvalue weighted by molar-refractivity contribution is -0.274. The molecule has 1 aliphatic carbocycles. The van der Waals surface area contributed by atoms with E-state index < -0.39 is 18.0 Å². The van der Waals surface area contributed by atoms with Gasteiger partial charge in [0.25, 0.3) is 5.91 Å². The van der Waals surface area contributed by atoms with Crippen LogP contribution in [-0.4, -0.2) is 23.2 Å². The zero-order valence-corrected chi connectivity index (χ0v) is 15.5. The molecular formula is C17H12Cl2F3N3O3. The van der Waals surface area contributed by atoms with E-state index in [0.717, 1.165) is 25.0 Å². The first-order chi connectivity index (χ1) is 13.1. The Labute approximate surface area is 167 Å². The van der Waals surface area contributed by atoms with Crippen molar-refractivity contribution >= 4 is 46.5 Å². The summed E-state index contributed by atoms with van der Waals surface area (Å²) in [6, 6.07) is 4.57. The third kappa shape index (κ3) is 5.26. The molecule has 0 aliphatic heterocycles. The number of hydrogen-bond acceptors (Lipinski definition) is 4. The number of hydrogen-bond donors (Lipinski definition) is 2. The Morgan fingerprint density at radius 1 is 1.11 bits per heavy atom. The fourth-order valence-corrected chi connectivity index (χ4v) is 2.94. The Morgan fingerprint density at radius 3 is 2.32 bits per heavy atom. The number of carbonyl (C=O) groups excluding carboxylic acids is 2. The van der Waals surface area contributed by atoms with E-state index in [2.05, 4.69) is 20.4 Å². The average molecular weight is 434 g/mol. The minimum Gasteiger partial charge on any atom is -0.406 e. The van der Waals surface area contributed by atoms with Gasteiger partial charge in [-0.3, -0.25) is 9.59 Å². The molecule has 0 saturated heterocycles. The SMILES string of the molecule is O=C(Nc1ccnc(NC(=O)C2CC2)c1)c1c(Cl)cc(OC(F)(F)F)cc1Cl. The van der Waals surface area contributed by atoms with E-state index in [1.54, 1.807) is 0 Å². The minimum absolute atomic E-state index is 0.0184. The molecule has 0 radical (unpaired) electrons. The number of anilines is 2. The summed E-state index contributed by atoms with van der Waals surface area (Å²) in [7, 11) is 0. The van der Waals surface area contributed by atoms with Gasteiger partial charge in [0.05, 0.1) is 15.6 Å². The van der Waals surface area contributed by atoms with Gasteiger partial charge in [-0.1, -0.05) is 23.2 Å². The summed E-state index contributed by atoms with van der Waals surface area (Å²) in [6.45, 7) is 0. The van der Waals surface area contributed by atoms with Crippen LogP contribution < -0.4 is 15.4 Å². The minimum atomic E-state index is -4.92. The maximum atomic E-state index is 12.5. The summed E-state index contributed by atoms with van der Waals surface area (Å²) < 4.78 is 40.7. The van der Waals surface area contributed by atoms with Gasteiger partial charge in [0, 0.05) is 36.0 Å². The van der Waals surface area contributed by atoms with Crippen molar-refractivity contribution < 1.29 is 27.5 Å². The number of carbonyl (C=O) groups is 2. The molecule has 1 aromatic heterocycles. The van der Waals surface area contributed by atoms with Gasteiger partial charge in [-0.25, -0.2) is 4.98 Å². The molecular weight excluding hydrogens is 422 g/mol. The standard InChI is InChI=1S/C17H12Cl2F3N3O3/c18-11-6-10(28-17(20,21)22)7-12(19)14(11)16(27)24-9-3-4-23-13(5-9)25-15(26)8-1-2-8/h3-8H,1-2H2,(H2,23,24,25,26,27). The number of ether oxygens (including phenoxy) is 1. The maximum Gasteiger partial charge on any atom is 0.573 e. The first-order valence-corrected chi connectivity index (χ1v) is 8.71. The molecule has 1 fully saturated rings. The molecule has 0 unspecified atom stereocenters. The second-order valence-electron chi connectivity index (χ2n) is 5.96. The van der Waals surface area contributed by atoms with Gasteiger partial charge in [-0.05, 0) is 18.9 Å². The molecule has 3 rings (SSSR count). The lowest BCUT2D eigenvalue weighted by Gasteiger charge is -2.13. The van der Waals surface area contributed by atoms with Crippen LogP contribution in [-0.2, 0) is 4.79 Å². The summed E-state index contributed by atoms with van der Waals surface area (Å²) in [4.78, 5) is 28.2. The van der Waals surface area contributed by atoms with Gasteiger partial charge in [0.1, 0.15) is 11.6 Å². The predicted octanol–water partition coefficient (Wildman–Crippen LogP) is 4.89. The van der Waals surface area contributed by atoms with Crippen LogP contribution in [0.5, 0.6) is 5.75 Å². The Kier molecular flexibility index (Phi) is 5.66. The summed E-state index contributed by atoms with van der Waals surface area (Å²) in [5, 5.41) is 4.50. The highest BCUT2D eigenvalue weighted by atomic mass is 35.5. The van der Waals surface area contributed by atoms with Crippen molar-refractivity contribution in [2.45, 2.75) is 19.2 Å². The lowest BCUT2D eigenvalue weighted by atomic mass is 10.2. The Hall–Kier alpha value is -2.52. The van der Waals surface area contributed by atoms with Crippen LogP contribution in [0.3, 0.4) is 0 Å². The van der Waals surface area contributed by atoms with Crippen molar-refractivity contribution in [3.05, 3.63) is 46.1 Å². The van der Waals surface area contributed by atoms with E-state index in [-0.39, 0.29) is 38.9 Å². The van der Waals surface area contributed by atoms with Crippen molar-refractivity contribution in [2.24, 2.45) is 5.92 Å². The topological polar surface area (TPSA) is 80.3 Å². The van der Waals surface area contributed by atoms with E-state index >= 15 is 0 Å².